The second-order valence-corrected chi connectivity index (χ2v) is 12.4. The van der Waals surface area contributed by atoms with Crippen molar-refractivity contribution in [1.29, 1.82) is 0 Å². The summed E-state index contributed by atoms with van der Waals surface area (Å²) < 4.78 is 16.1. The second kappa shape index (κ2) is 11.3. The number of piperidine rings is 1. The Hall–Kier alpha value is -3.23. The lowest BCUT2D eigenvalue weighted by Crippen LogP contribution is -2.36. The highest BCUT2D eigenvalue weighted by Gasteiger charge is 2.33. The zero-order chi connectivity index (χ0) is 27.8. The molecule has 6 rings (SSSR count). The molecule has 40 heavy (non-hydrogen) atoms. The standard InChI is InChI=1S/C31H41FN6O2/c1-19-9-11-21(12-10-19)18-38-26-27(33-20(2)22-6-5-7-22)34-29(30(39)40)35-28(26)36-31(38)37-17-4-3-8-25(37)23-13-15-24(32)16-14-23/h13-16,19-22,25H,3-12,17-18H2,1-2H3,(H,39,40)(H,33,34,35)/t19-,20-,21-,25?/m1/s1. The zero-order valence-corrected chi connectivity index (χ0v) is 23.7. The summed E-state index contributed by atoms with van der Waals surface area (Å²) >= 11 is 0. The van der Waals surface area contributed by atoms with E-state index in [1.54, 1.807) is 0 Å². The SMILES string of the molecule is C[C@@H](Nc1nc(C(=O)O)nc2nc(N3CCCCC3c3ccc(F)cc3)n(C[C@H]3CC[C@H](C)CC3)c12)C1CCC1. The largest absolute Gasteiger partial charge is 0.475 e. The monoisotopic (exact) mass is 548 g/mol. The normalized spacial score (nSPS) is 24.6. The van der Waals surface area contributed by atoms with Crippen molar-refractivity contribution in [2.45, 2.75) is 96.7 Å². The number of imidazole rings is 1. The van der Waals surface area contributed by atoms with E-state index in [-0.39, 0.29) is 23.7 Å². The average molecular weight is 549 g/mol. The number of carbonyl (C=O) groups is 1. The lowest BCUT2D eigenvalue weighted by Gasteiger charge is -2.38. The first-order valence-corrected chi connectivity index (χ1v) is 15.2. The maximum atomic E-state index is 13.8. The molecule has 214 valence electrons. The van der Waals surface area contributed by atoms with Gasteiger partial charge in [0.1, 0.15) is 11.3 Å². The molecule has 3 fully saturated rings. The Morgan fingerprint density at radius 1 is 1.02 bits per heavy atom. The summed E-state index contributed by atoms with van der Waals surface area (Å²) in [5.74, 6) is 1.59. The summed E-state index contributed by atoms with van der Waals surface area (Å²) in [6.07, 6.45) is 11.4. The van der Waals surface area contributed by atoms with E-state index >= 15 is 0 Å². The van der Waals surface area contributed by atoms with Gasteiger partial charge in [0.15, 0.2) is 11.5 Å². The van der Waals surface area contributed by atoms with Gasteiger partial charge < -0.3 is 19.9 Å². The molecule has 9 heteroatoms. The minimum atomic E-state index is -1.15. The predicted molar refractivity (Wildman–Crippen MR) is 154 cm³/mol. The summed E-state index contributed by atoms with van der Waals surface area (Å²) in [4.78, 5) is 28.5. The van der Waals surface area contributed by atoms with E-state index in [1.807, 2.05) is 12.1 Å². The van der Waals surface area contributed by atoms with Crippen LogP contribution in [-0.4, -0.2) is 43.2 Å². The van der Waals surface area contributed by atoms with Crippen LogP contribution in [0.5, 0.6) is 0 Å². The molecule has 0 spiro atoms. The van der Waals surface area contributed by atoms with Crippen molar-refractivity contribution >= 4 is 28.9 Å². The lowest BCUT2D eigenvalue weighted by molar-refractivity contribution is 0.0684. The van der Waals surface area contributed by atoms with Crippen LogP contribution in [0, 0.1) is 23.6 Å². The number of fused-ring (bicyclic) bond motifs is 1. The third-order valence-electron chi connectivity index (χ3n) is 9.59. The molecule has 1 aliphatic heterocycles. The predicted octanol–water partition coefficient (Wildman–Crippen LogP) is 6.82. The number of aromatic carboxylic acids is 1. The molecule has 3 aromatic rings. The number of aromatic nitrogens is 4. The van der Waals surface area contributed by atoms with Gasteiger partial charge in [-0.3, -0.25) is 0 Å². The molecule has 3 heterocycles. The number of carboxylic acid groups (broad SMARTS) is 1. The summed E-state index contributed by atoms with van der Waals surface area (Å²) in [6.45, 7) is 6.12. The summed E-state index contributed by atoms with van der Waals surface area (Å²) in [5.41, 5.74) is 2.30. The van der Waals surface area contributed by atoms with Crippen molar-refractivity contribution in [3.05, 3.63) is 41.5 Å². The molecule has 8 nitrogen and oxygen atoms in total. The van der Waals surface area contributed by atoms with Crippen LogP contribution in [0.4, 0.5) is 16.2 Å². The number of anilines is 2. The summed E-state index contributed by atoms with van der Waals surface area (Å²) in [7, 11) is 0. The molecule has 2 saturated carbocycles. The Balaban J connectivity index is 1.47. The van der Waals surface area contributed by atoms with Gasteiger partial charge in [-0.2, -0.15) is 4.98 Å². The van der Waals surface area contributed by atoms with Crippen LogP contribution in [0.1, 0.15) is 100 Å². The summed E-state index contributed by atoms with van der Waals surface area (Å²) in [6, 6.07) is 7.06. The highest BCUT2D eigenvalue weighted by molar-refractivity contribution is 5.91. The van der Waals surface area contributed by atoms with E-state index in [2.05, 4.69) is 38.6 Å². The van der Waals surface area contributed by atoms with Crippen molar-refractivity contribution < 1.29 is 14.3 Å². The molecule has 2 aromatic heterocycles. The molecule has 3 aliphatic rings. The van der Waals surface area contributed by atoms with Crippen molar-refractivity contribution in [2.24, 2.45) is 17.8 Å². The van der Waals surface area contributed by atoms with Gasteiger partial charge in [0.2, 0.25) is 11.8 Å². The minimum absolute atomic E-state index is 0.0634. The maximum Gasteiger partial charge on any atom is 0.374 e. The third kappa shape index (κ3) is 5.39. The zero-order valence-electron chi connectivity index (χ0n) is 23.7. The fourth-order valence-corrected chi connectivity index (χ4v) is 6.86. The Morgan fingerprint density at radius 3 is 2.45 bits per heavy atom. The molecule has 2 atom stereocenters. The first-order chi connectivity index (χ1) is 19.4. The fourth-order valence-electron chi connectivity index (χ4n) is 6.86. The average Bonchev–Trinajstić information content (AvgIpc) is 3.27. The van der Waals surface area contributed by atoms with Crippen molar-refractivity contribution in [2.75, 3.05) is 16.8 Å². The van der Waals surface area contributed by atoms with Crippen LogP contribution < -0.4 is 10.2 Å². The van der Waals surface area contributed by atoms with Crippen LogP contribution in [0.3, 0.4) is 0 Å². The molecular formula is C31H41FN6O2. The number of halogens is 1. The van der Waals surface area contributed by atoms with Gasteiger partial charge in [0.25, 0.3) is 0 Å². The van der Waals surface area contributed by atoms with Gasteiger partial charge in [0.05, 0.1) is 6.04 Å². The number of benzene rings is 1. The molecule has 1 aromatic carbocycles. The van der Waals surface area contributed by atoms with E-state index in [1.165, 1.54) is 44.2 Å². The van der Waals surface area contributed by atoms with E-state index in [0.29, 0.717) is 23.3 Å². The van der Waals surface area contributed by atoms with Gasteiger partial charge in [0, 0.05) is 19.1 Å². The Morgan fingerprint density at radius 2 is 1.77 bits per heavy atom. The topological polar surface area (TPSA) is 96.2 Å². The van der Waals surface area contributed by atoms with Crippen molar-refractivity contribution in [3.8, 4) is 0 Å². The quantitative estimate of drug-likeness (QED) is 0.319. The van der Waals surface area contributed by atoms with Crippen molar-refractivity contribution in [1.82, 2.24) is 19.5 Å². The van der Waals surface area contributed by atoms with E-state index in [4.69, 9.17) is 4.98 Å². The van der Waals surface area contributed by atoms with Crippen LogP contribution in [-0.2, 0) is 6.54 Å². The lowest BCUT2D eigenvalue weighted by atomic mass is 9.80. The van der Waals surface area contributed by atoms with E-state index < -0.39 is 5.97 Å². The number of carboxylic acids is 1. The first kappa shape index (κ1) is 27.0. The number of rotatable bonds is 8. The first-order valence-electron chi connectivity index (χ1n) is 15.2. The van der Waals surface area contributed by atoms with Crippen molar-refractivity contribution in [3.63, 3.8) is 0 Å². The third-order valence-corrected chi connectivity index (χ3v) is 9.59. The van der Waals surface area contributed by atoms with E-state index in [0.717, 1.165) is 68.1 Å². The Kier molecular flexibility index (Phi) is 7.64. The fraction of sp³-hybridized carbons (Fsp3) is 0.613. The van der Waals surface area contributed by atoms with Gasteiger partial charge >= 0.3 is 5.97 Å². The summed E-state index contributed by atoms with van der Waals surface area (Å²) in [5, 5.41) is 13.5. The van der Waals surface area contributed by atoms with Gasteiger partial charge in [-0.05, 0) is 87.3 Å². The molecule has 0 amide bonds. The number of hydrogen-bond acceptors (Lipinski definition) is 6. The van der Waals surface area contributed by atoms with Gasteiger partial charge in [-0.1, -0.05) is 38.3 Å². The highest BCUT2D eigenvalue weighted by Crippen LogP contribution is 2.40. The molecule has 0 bridgehead atoms. The van der Waals surface area contributed by atoms with Crippen LogP contribution in [0.2, 0.25) is 0 Å². The molecular weight excluding hydrogens is 507 g/mol. The van der Waals surface area contributed by atoms with E-state index in [9.17, 15) is 14.3 Å². The highest BCUT2D eigenvalue weighted by atomic mass is 19.1. The minimum Gasteiger partial charge on any atom is -0.475 e. The van der Waals surface area contributed by atoms with Gasteiger partial charge in [-0.25, -0.2) is 19.2 Å². The molecule has 2 aliphatic carbocycles. The van der Waals surface area contributed by atoms with Crippen LogP contribution in [0.25, 0.3) is 11.2 Å². The smallest absolute Gasteiger partial charge is 0.374 e. The molecule has 1 unspecified atom stereocenters. The Bertz CT molecular complexity index is 1350. The molecule has 0 radical (unpaired) electrons. The molecule has 1 saturated heterocycles. The van der Waals surface area contributed by atoms with Crippen LogP contribution in [0.15, 0.2) is 24.3 Å². The number of nitrogens with one attached hydrogen (secondary N) is 1. The van der Waals surface area contributed by atoms with Crippen LogP contribution >= 0.6 is 0 Å². The maximum absolute atomic E-state index is 13.8. The van der Waals surface area contributed by atoms with Gasteiger partial charge in [-0.15, -0.1) is 0 Å². The molecule has 2 N–H and O–H groups in total. The Labute approximate surface area is 235 Å². The number of nitrogens with zero attached hydrogens (tertiary/aromatic N) is 5. The number of hydrogen-bond donors (Lipinski definition) is 2. The second-order valence-electron chi connectivity index (χ2n) is 12.4.